The fourth-order valence-corrected chi connectivity index (χ4v) is 2.48. The van der Waals surface area contributed by atoms with E-state index in [-0.39, 0.29) is 17.8 Å². The van der Waals surface area contributed by atoms with Gasteiger partial charge in [0.1, 0.15) is 5.75 Å². The standard InChI is InChI=1S/C18H21N5O2/c1-11(2)25-15-7-5-14(6-8-15)10-19-17(24)16-21-18-20-12(3)9-13(4)23(18)22-16/h5-9,11H,10H2,1-4H3,(H,19,24). The highest BCUT2D eigenvalue weighted by molar-refractivity contribution is 5.90. The fourth-order valence-electron chi connectivity index (χ4n) is 2.48. The van der Waals surface area contributed by atoms with Gasteiger partial charge in [-0.15, -0.1) is 5.10 Å². The summed E-state index contributed by atoms with van der Waals surface area (Å²) in [5.41, 5.74) is 2.70. The van der Waals surface area contributed by atoms with E-state index >= 15 is 0 Å². The van der Waals surface area contributed by atoms with Crippen LogP contribution < -0.4 is 10.1 Å². The van der Waals surface area contributed by atoms with Crippen LogP contribution in [0.5, 0.6) is 5.75 Å². The van der Waals surface area contributed by atoms with Crippen molar-refractivity contribution in [1.82, 2.24) is 24.9 Å². The zero-order valence-electron chi connectivity index (χ0n) is 14.8. The van der Waals surface area contributed by atoms with Crippen LogP contribution in [0.3, 0.4) is 0 Å². The van der Waals surface area contributed by atoms with Crippen molar-refractivity contribution in [3.8, 4) is 5.75 Å². The topological polar surface area (TPSA) is 81.4 Å². The molecule has 2 aromatic heterocycles. The third-order valence-corrected chi connectivity index (χ3v) is 3.57. The van der Waals surface area contributed by atoms with E-state index in [9.17, 15) is 4.79 Å². The molecule has 0 saturated carbocycles. The Bertz CT molecular complexity index is 900. The van der Waals surface area contributed by atoms with E-state index in [1.54, 1.807) is 4.52 Å². The number of carbonyl (C=O) groups is 1. The van der Waals surface area contributed by atoms with E-state index in [2.05, 4.69) is 20.4 Å². The molecule has 25 heavy (non-hydrogen) atoms. The number of rotatable bonds is 5. The molecule has 0 atom stereocenters. The summed E-state index contributed by atoms with van der Waals surface area (Å²) in [6.45, 7) is 8.14. The molecule has 3 aromatic rings. The van der Waals surface area contributed by atoms with Crippen molar-refractivity contribution >= 4 is 11.7 Å². The van der Waals surface area contributed by atoms with Gasteiger partial charge < -0.3 is 10.1 Å². The van der Waals surface area contributed by atoms with Crippen LogP contribution in [-0.2, 0) is 6.54 Å². The molecule has 0 bridgehead atoms. The summed E-state index contributed by atoms with van der Waals surface area (Å²) in [7, 11) is 0. The fraction of sp³-hybridized carbons (Fsp3) is 0.333. The number of benzene rings is 1. The zero-order chi connectivity index (χ0) is 18.0. The van der Waals surface area contributed by atoms with Crippen molar-refractivity contribution in [1.29, 1.82) is 0 Å². The van der Waals surface area contributed by atoms with E-state index in [0.717, 1.165) is 22.7 Å². The molecule has 0 aliphatic heterocycles. The molecule has 1 amide bonds. The van der Waals surface area contributed by atoms with E-state index in [1.807, 2.05) is 58.0 Å². The predicted molar refractivity (Wildman–Crippen MR) is 93.6 cm³/mol. The molecule has 0 radical (unpaired) electrons. The molecule has 0 spiro atoms. The first kappa shape index (κ1) is 16.9. The average Bonchev–Trinajstić information content (AvgIpc) is 2.98. The maximum atomic E-state index is 12.3. The lowest BCUT2D eigenvalue weighted by Gasteiger charge is -2.10. The molecule has 1 aromatic carbocycles. The highest BCUT2D eigenvalue weighted by Gasteiger charge is 2.14. The second-order valence-electron chi connectivity index (χ2n) is 6.18. The SMILES string of the molecule is Cc1cc(C)n2nc(C(=O)NCc3ccc(OC(C)C)cc3)nc2n1. The molecule has 0 aliphatic carbocycles. The zero-order valence-corrected chi connectivity index (χ0v) is 14.8. The van der Waals surface area contributed by atoms with Gasteiger partial charge in [0.25, 0.3) is 11.7 Å². The van der Waals surface area contributed by atoms with Gasteiger partial charge in [-0.2, -0.15) is 4.98 Å². The lowest BCUT2D eigenvalue weighted by molar-refractivity contribution is 0.0940. The lowest BCUT2D eigenvalue weighted by Crippen LogP contribution is -2.24. The Labute approximate surface area is 146 Å². The third kappa shape index (κ3) is 3.93. The highest BCUT2D eigenvalue weighted by Crippen LogP contribution is 2.14. The van der Waals surface area contributed by atoms with E-state index in [4.69, 9.17) is 4.74 Å². The van der Waals surface area contributed by atoms with Gasteiger partial charge in [0, 0.05) is 17.9 Å². The molecule has 0 unspecified atom stereocenters. The number of carbonyl (C=O) groups excluding carboxylic acids is 1. The van der Waals surface area contributed by atoms with Gasteiger partial charge in [-0.1, -0.05) is 12.1 Å². The molecule has 0 fully saturated rings. The van der Waals surface area contributed by atoms with E-state index < -0.39 is 0 Å². The van der Waals surface area contributed by atoms with Crippen molar-refractivity contribution in [2.45, 2.75) is 40.3 Å². The Hall–Kier alpha value is -2.96. The first-order valence-electron chi connectivity index (χ1n) is 8.17. The van der Waals surface area contributed by atoms with Crippen LogP contribution in [0.2, 0.25) is 0 Å². The Kier molecular flexibility index (Phi) is 4.65. The molecular weight excluding hydrogens is 318 g/mol. The highest BCUT2D eigenvalue weighted by atomic mass is 16.5. The summed E-state index contributed by atoms with van der Waals surface area (Å²) in [5.74, 6) is 1.02. The summed E-state index contributed by atoms with van der Waals surface area (Å²) >= 11 is 0. The average molecular weight is 339 g/mol. The second kappa shape index (κ2) is 6.88. The largest absolute Gasteiger partial charge is 0.491 e. The van der Waals surface area contributed by atoms with Crippen molar-refractivity contribution in [3.05, 3.63) is 53.1 Å². The maximum absolute atomic E-state index is 12.3. The van der Waals surface area contributed by atoms with Gasteiger partial charge in [-0.05, 0) is 51.5 Å². The number of hydrogen-bond acceptors (Lipinski definition) is 5. The maximum Gasteiger partial charge on any atom is 0.291 e. The van der Waals surface area contributed by atoms with E-state index in [0.29, 0.717) is 12.3 Å². The van der Waals surface area contributed by atoms with Crippen LogP contribution in [-0.4, -0.2) is 31.6 Å². The number of aromatic nitrogens is 4. The van der Waals surface area contributed by atoms with Crippen LogP contribution in [0, 0.1) is 13.8 Å². The minimum atomic E-state index is -0.329. The minimum Gasteiger partial charge on any atom is -0.491 e. The molecule has 0 aliphatic rings. The number of nitrogens with one attached hydrogen (secondary N) is 1. The monoisotopic (exact) mass is 339 g/mol. The molecule has 2 heterocycles. The molecule has 130 valence electrons. The molecule has 0 saturated heterocycles. The Balaban J connectivity index is 1.67. The molecular formula is C18H21N5O2. The lowest BCUT2D eigenvalue weighted by atomic mass is 10.2. The minimum absolute atomic E-state index is 0.112. The van der Waals surface area contributed by atoms with E-state index in [1.165, 1.54) is 0 Å². The Morgan fingerprint density at radius 3 is 2.60 bits per heavy atom. The van der Waals surface area contributed by atoms with Gasteiger partial charge in [0.2, 0.25) is 5.82 Å². The van der Waals surface area contributed by atoms with Crippen molar-refractivity contribution in [2.75, 3.05) is 0 Å². The quantitative estimate of drug-likeness (QED) is 0.772. The summed E-state index contributed by atoms with van der Waals surface area (Å²) < 4.78 is 7.17. The molecule has 7 nitrogen and oxygen atoms in total. The smallest absolute Gasteiger partial charge is 0.291 e. The van der Waals surface area contributed by atoms with Gasteiger partial charge in [0.15, 0.2) is 0 Å². The normalized spacial score (nSPS) is 11.1. The second-order valence-corrected chi connectivity index (χ2v) is 6.18. The summed E-state index contributed by atoms with van der Waals surface area (Å²) in [4.78, 5) is 20.8. The number of hydrogen-bond donors (Lipinski definition) is 1. The number of fused-ring (bicyclic) bond motifs is 1. The number of aryl methyl sites for hydroxylation is 2. The predicted octanol–water partition coefficient (Wildman–Crippen LogP) is 2.46. The van der Waals surface area contributed by atoms with Crippen LogP contribution in [0.25, 0.3) is 5.78 Å². The van der Waals surface area contributed by atoms with Crippen LogP contribution in [0.15, 0.2) is 30.3 Å². The van der Waals surface area contributed by atoms with Gasteiger partial charge in [0.05, 0.1) is 6.10 Å². The Morgan fingerprint density at radius 1 is 1.20 bits per heavy atom. The third-order valence-electron chi connectivity index (χ3n) is 3.57. The van der Waals surface area contributed by atoms with Crippen LogP contribution in [0.1, 0.15) is 41.4 Å². The first-order valence-corrected chi connectivity index (χ1v) is 8.17. The summed E-state index contributed by atoms with van der Waals surface area (Å²) in [6.07, 6.45) is 0.132. The molecule has 1 N–H and O–H groups in total. The number of ether oxygens (including phenoxy) is 1. The summed E-state index contributed by atoms with van der Waals surface area (Å²) in [6, 6.07) is 9.51. The van der Waals surface area contributed by atoms with Crippen molar-refractivity contribution < 1.29 is 9.53 Å². The first-order chi connectivity index (χ1) is 11.9. The number of amides is 1. The van der Waals surface area contributed by atoms with Gasteiger partial charge >= 0.3 is 0 Å². The van der Waals surface area contributed by atoms with Crippen molar-refractivity contribution in [3.63, 3.8) is 0 Å². The molecule has 3 rings (SSSR count). The van der Waals surface area contributed by atoms with Gasteiger partial charge in [-0.25, -0.2) is 9.50 Å². The van der Waals surface area contributed by atoms with Crippen molar-refractivity contribution in [2.24, 2.45) is 0 Å². The van der Waals surface area contributed by atoms with Crippen LogP contribution in [0.4, 0.5) is 0 Å². The number of nitrogens with zero attached hydrogens (tertiary/aromatic N) is 4. The van der Waals surface area contributed by atoms with Crippen LogP contribution >= 0.6 is 0 Å². The van der Waals surface area contributed by atoms with Gasteiger partial charge in [-0.3, -0.25) is 4.79 Å². The molecule has 7 heteroatoms. The Morgan fingerprint density at radius 2 is 1.92 bits per heavy atom. The summed E-state index contributed by atoms with van der Waals surface area (Å²) in [5, 5.41) is 7.05.